The number of halogens is 1. The highest BCUT2D eigenvalue weighted by molar-refractivity contribution is 6.30. The van der Waals surface area contributed by atoms with Crippen LogP contribution in [0, 0.1) is 13.8 Å². The van der Waals surface area contributed by atoms with Crippen LogP contribution in [0.5, 0.6) is 11.5 Å². The van der Waals surface area contributed by atoms with E-state index in [9.17, 15) is 9.59 Å². The molecule has 39 heavy (non-hydrogen) atoms. The number of carbonyl (C=O) groups excluding carboxylic acids is 2. The summed E-state index contributed by atoms with van der Waals surface area (Å²) in [5, 5.41) is 4.40. The maximum absolute atomic E-state index is 12.5. The van der Waals surface area contributed by atoms with Gasteiger partial charge in [-0.3, -0.25) is 4.79 Å². The number of hydrogen-bond acceptors (Lipinski definition) is 7. The number of methoxy groups -OCH3 is 1. The van der Waals surface area contributed by atoms with Gasteiger partial charge in [-0.05, 0) is 87.5 Å². The summed E-state index contributed by atoms with van der Waals surface area (Å²) < 4.78 is 23.9. The monoisotopic (exact) mass is 549 g/mol. The molecule has 0 saturated carbocycles. The molecule has 2 aromatic carbocycles. The van der Waals surface area contributed by atoms with E-state index < -0.39 is 18.0 Å². The van der Waals surface area contributed by atoms with Gasteiger partial charge in [-0.2, -0.15) is 5.10 Å². The number of amides is 1. The molecule has 9 nitrogen and oxygen atoms in total. The zero-order valence-electron chi connectivity index (χ0n) is 21.9. The molecule has 2 aromatic heterocycles. The number of aryl methyl sites for hydroxylation is 2. The number of benzene rings is 2. The fourth-order valence-electron chi connectivity index (χ4n) is 3.85. The SMILES string of the molecule is COC(=O)[C@@H](C)Oc1ccc(Cl)cc1/C=N/NC(=O)c1ccc(COc2ccc(-n3c(C)ccc3C)cc2)o1. The highest BCUT2D eigenvalue weighted by Crippen LogP contribution is 2.23. The molecule has 1 atom stereocenters. The Hall–Kier alpha value is -4.50. The maximum atomic E-state index is 12.5. The molecule has 0 radical (unpaired) electrons. The molecule has 1 amide bonds. The normalized spacial score (nSPS) is 11.8. The molecule has 2 heterocycles. The van der Waals surface area contributed by atoms with Crippen LogP contribution in [0.3, 0.4) is 0 Å². The average molecular weight is 550 g/mol. The van der Waals surface area contributed by atoms with Gasteiger partial charge >= 0.3 is 11.9 Å². The summed E-state index contributed by atoms with van der Waals surface area (Å²) in [6.45, 7) is 5.83. The van der Waals surface area contributed by atoms with Crippen molar-refractivity contribution < 1.29 is 28.2 Å². The Morgan fingerprint density at radius 2 is 1.77 bits per heavy atom. The third-order valence-corrected chi connectivity index (χ3v) is 6.05. The Labute approximate surface area is 230 Å². The van der Waals surface area contributed by atoms with Gasteiger partial charge in [0.2, 0.25) is 0 Å². The molecule has 0 fully saturated rings. The van der Waals surface area contributed by atoms with Crippen molar-refractivity contribution >= 4 is 29.7 Å². The van der Waals surface area contributed by atoms with E-state index in [2.05, 4.69) is 45.8 Å². The summed E-state index contributed by atoms with van der Waals surface area (Å²) in [6.07, 6.45) is 0.517. The minimum atomic E-state index is -0.840. The second-order valence-corrected chi connectivity index (χ2v) is 9.10. The molecule has 4 aromatic rings. The molecule has 0 saturated heterocycles. The van der Waals surface area contributed by atoms with Crippen molar-refractivity contribution in [3.63, 3.8) is 0 Å². The number of esters is 1. The minimum absolute atomic E-state index is 0.0709. The van der Waals surface area contributed by atoms with E-state index in [4.69, 9.17) is 25.5 Å². The van der Waals surface area contributed by atoms with Gasteiger partial charge in [-0.15, -0.1) is 0 Å². The lowest BCUT2D eigenvalue weighted by molar-refractivity contribution is -0.147. The first-order chi connectivity index (χ1) is 18.7. The molecule has 0 bridgehead atoms. The number of rotatable bonds is 10. The number of carbonyl (C=O) groups is 2. The molecule has 202 valence electrons. The molecular weight excluding hydrogens is 522 g/mol. The standard InChI is InChI=1S/C29H28ClN3O6/c1-18-5-6-19(2)33(18)23-8-10-24(11-9-23)37-17-25-12-14-27(39-25)28(34)32-31-16-21-15-22(30)7-13-26(21)38-20(3)29(35)36-4/h5-16,20H,17H2,1-4H3,(H,32,34)/b31-16+/t20-/m1/s1. The van der Waals surface area contributed by atoms with Crippen molar-refractivity contribution in [3.05, 3.63) is 100 Å². The van der Waals surface area contributed by atoms with Gasteiger partial charge in [0, 0.05) is 27.7 Å². The smallest absolute Gasteiger partial charge is 0.346 e. The molecule has 4 rings (SSSR count). The number of nitrogens with zero attached hydrogens (tertiary/aromatic N) is 2. The Balaban J connectivity index is 1.33. The van der Waals surface area contributed by atoms with Gasteiger partial charge in [0.05, 0.1) is 13.3 Å². The fraction of sp³-hybridized carbons (Fsp3) is 0.207. The van der Waals surface area contributed by atoms with E-state index in [1.807, 2.05) is 24.3 Å². The molecule has 0 aliphatic rings. The number of hydrazone groups is 1. The van der Waals surface area contributed by atoms with E-state index >= 15 is 0 Å². The number of ether oxygens (including phenoxy) is 3. The molecule has 1 N–H and O–H groups in total. The van der Waals surface area contributed by atoms with Gasteiger partial charge in [0.15, 0.2) is 11.9 Å². The van der Waals surface area contributed by atoms with Crippen molar-refractivity contribution in [2.75, 3.05) is 7.11 Å². The molecule has 0 spiro atoms. The van der Waals surface area contributed by atoms with E-state index in [1.54, 1.807) is 31.2 Å². The highest BCUT2D eigenvalue weighted by Gasteiger charge is 2.17. The lowest BCUT2D eigenvalue weighted by atomic mass is 10.2. The predicted octanol–water partition coefficient (Wildman–Crippen LogP) is 5.62. The Morgan fingerprint density at radius 1 is 1.05 bits per heavy atom. The van der Waals surface area contributed by atoms with Gasteiger partial charge < -0.3 is 23.2 Å². The van der Waals surface area contributed by atoms with Crippen LogP contribution in [0.4, 0.5) is 0 Å². The van der Waals surface area contributed by atoms with E-state index in [1.165, 1.54) is 19.4 Å². The quantitative estimate of drug-likeness (QED) is 0.156. The number of furan rings is 1. The van der Waals surface area contributed by atoms with Crippen molar-refractivity contribution in [1.29, 1.82) is 0 Å². The summed E-state index contributed by atoms with van der Waals surface area (Å²) in [5.41, 5.74) is 6.22. The maximum Gasteiger partial charge on any atom is 0.346 e. The number of aromatic nitrogens is 1. The van der Waals surface area contributed by atoms with Crippen LogP contribution in [-0.4, -0.2) is 35.9 Å². The molecule has 0 unspecified atom stereocenters. The molecule has 10 heteroatoms. The first-order valence-corrected chi connectivity index (χ1v) is 12.5. The zero-order chi connectivity index (χ0) is 27.9. The number of hydrogen-bond donors (Lipinski definition) is 1. The third kappa shape index (κ3) is 6.88. The lowest BCUT2D eigenvalue weighted by Crippen LogP contribution is -2.25. The minimum Gasteiger partial charge on any atom is -0.486 e. The van der Waals surface area contributed by atoms with Crippen LogP contribution in [-0.2, 0) is 16.1 Å². The van der Waals surface area contributed by atoms with E-state index in [-0.39, 0.29) is 12.4 Å². The van der Waals surface area contributed by atoms with Crippen molar-refractivity contribution in [3.8, 4) is 17.2 Å². The molecule has 0 aliphatic heterocycles. The van der Waals surface area contributed by atoms with Crippen LogP contribution in [0.25, 0.3) is 5.69 Å². The zero-order valence-corrected chi connectivity index (χ0v) is 22.7. The second kappa shape index (κ2) is 12.4. The number of nitrogens with one attached hydrogen (secondary N) is 1. The summed E-state index contributed by atoms with van der Waals surface area (Å²) in [7, 11) is 1.28. The highest BCUT2D eigenvalue weighted by atomic mass is 35.5. The van der Waals surface area contributed by atoms with Gasteiger partial charge in [-0.25, -0.2) is 10.2 Å². The lowest BCUT2D eigenvalue weighted by Gasteiger charge is -2.14. The Kier molecular flexibility index (Phi) is 8.73. The summed E-state index contributed by atoms with van der Waals surface area (Å²) >= 11 is 6.08. The van der Waals surface area contributed by atoms with Gasteiger partial charge in [0.25, 0.3) is 0 Å². The summed E-state index contributed by atoms with van der Waals surface area (Å²) in [6, 6.07) is 19.9. The van der Waals surface area contributed by atoms with Gasteiger partial charge in [0.1, 0.15) is 23.9 Å². The average Bonchev–Trinajstić information content (AvgIpc) is 3.54. The molecule has 0 aliphatic carbocycles. The van der Waals surface area contributed by atoms with Crippen LogP contribution in [0.2, 0.25) is 5.02 Å². The van der Waals surface area contributed by atoms with Crippen LogP contribution in [0.15, 0.2) is 76.2 Å². The molecular formula is C29H28ClN3O6. The summed E-state index contributed by atoms with van der Waals surface area (Å²) in [5.74, 6) is 0.493. The van der Waals surface area contributed by atoms with Crippen molar-refractivity contribution in [2.45, 2.75) is 33.5 Å². The first-order valence-electron chi connectivity index (χ1n) is 12.1. The van der Waals surface area contributed by atoms with Crippen molar-refractivity contribution in [2.24, 2.45) is 5.10 Å². The first kappa shape index (κ1) is 27.5. The van der Waals surface area contributed by atoms with Crippen LogP contribution in [0.1, 0.15) is 40.2 Å². The van der Waals surface area contributed by atoms with E-state index in [0.29, 0.717) is 27.8 Å². The Bertz CT molecular complexity index is 1470. The largest absolute Gasteiger partial charge is 0.486 e. The van der Waals surface area contributed by atoms with Crippen LogP contribution >= 0.6 is 11.6 Å². The summed E-state index contributed by atoms with van der Waals surface area (Å²) in [4.78, 5) is 24.2. The fourth-order valence-corrected chi connectivity index (χ4v) is 4.03. The van der Waals surface area contributed by atoms with Crippen LogP contribution < -0.4 is 14.9 Å². The third-order valence-electron chi connectivity index (χ3n) is 5.81. The van der Waals surface area contributed by atoms with Crippen molar-refractivity contribution in [1.82, 2.24) is 9.99 Å². The van der Waals surface area contributed by atoms with Gasteiger partial charge in [-0.1, -0.05) is 11.6 Å². The Morgan fingerprint density at radius 3 is 2.46 bits per heavy atom. The second-order valence-electron chi connectivity index (χ2n) is 8.66. The van der Waals surface area contributed by atoms with E-state index in [0.717, 1.165) is 17.1 Å². The topological polar surface area (TPSA) is 104 Å². The predicted molar refractivity (Wildman–Crippen MR) is 147 cm³/mol.